The van der Waals surface area contributed by atoms with Gasteiger partial charge >= 0.3 is 0 Å². The molecule has 0 saturated heterocycles. The monoisotopic (exact) mass is 189 g/mol. The van der Waals surface area contributed by atoms with Crippen LogP contribution in [0, 0.1) is 13.8 Å². The van der Waals surface area contributed by atoms with Crippen LogP contribution in [0.25, 0.3) is 0 Å². The largest absolute Gasteiger partial charge is 0.292 e. The van der Waals surface area contributed by atoms with Crippen LogP contribution in [0.1, 0.15) is 34.5 Å². The SMILES string of the molecule is C=CCCC(=O)c1ncc(C)cc1C. The van der Waals surface area contributed by atoms with E-state index in [-0.39, 0.29) is 5.78 Å². The predicted molar refractivity (Wildman–Crippen MR) is 57.5 cm³/mol. The molecular weight excluding hydrogens is 174 g/mol. The van der Waals surface area contributed by atoms with Gasteiger partial charge in [-0.25, -0.2) is 0 Å². The first-order valence-corrected chi connectivity index (χ1v) is 4.72. The number of nitrogens with zero attached hydrogens (tertiary/aromatic N) is 1. The van der Waals surface area contributed by atoms with E-state index >= 15 is 0 Å². The Morgan fingerprint density at radius 2 is 2.29 bits per heavy atom. The maximum atomic E-state index is 11.6. The number of allylic oxidation sites excluding steroid dienone is 1. The van der Waals surface area contributed by atoms with E-state index in [1.165, 1.54) is 0 Å². The van der Waals surface area contributed by atoms with Crippen LogP contribution in [0.5, 0.6) is 0 Å². The highest BCUT2D eigenvalue weighted by Gasteiger charge is 2.09. The number of aryl methyl sites for hydroxylation is 2. The second kappa shape index (κ2) is 4.70. The standard InChI is InChI=1S/C12H15NO/c1-4-5-6-11(14)12-10(3)7-9(2)8-13-12/h4,7-8H,1,5-6H2,2-3H3. The smallest absolute Gasteiger partial charge is 0.181 e. The van der Waals surface area contributed by atoms with Crippen molar-refractivity contribution in [3.63, 3.8) is 0 Å². The Bertz CT molecular complexity index is 355. The molecule has 0 atom stereocenters. The molecule has 14 heavy (non-hydrogen) atoms. The van der Waals surface area contributed by atoms with Crippen molar-refractivity contribution in [3.05, 3.63) is 41.7 Å². The van der Waals surface area contributed by atoms with E-state index in [1.807, 2.05) is 19.9 Å². The van der Waals surface area contributed by atoms with Crippen molar-refractivity contribution in [3.8, 4) is 0 Å². The fourth-order valence-corrected chi connectivity index (χ4v) is 1.36. The van der Waals surface area contributed by atoms with E-state index in [1.54, 1.807) is 12.3 Å². The molecule has 0 aliphatic carbocycles. The van der Waals surface area contributed by atoms with Crippen molar-refractivity contribution in [1.29, 1.82) is 0 Å². The lowest BCUT2D eigenvalue weighted by atomic mass is 10.1. The van der Waals surface area contributed by atoms with Gasteiger partial charge < -0.3 is 0 Å². The number of hydrogen-bond acceptors (Lipinski definition) is 2. The molecule has 2 heteroatoms. The predicted octanol–water partition coefficient (Wildman–Crippen LogP) is 2.85. The summed E-state index contributed by atoms with van der Waals surface area (Å²) in [6.45, 7) is 7.48. The van der Waals surface area contributed by atoms with Gasteiger partial charge in [0.15, 0.2) is 5.78 Å². The second-order valence-corrected chi connectivity index (χ2v) is 3.43. The van der Waals surface area contributed by atoms with Gasteiger partial charge in [-0.05, 0) is 31.4 Å². The summed E-state index contributed by atoms with van der Waals surface area (Å²) < 4.78 is 0. The number of Topliss-reactive ketones (excluding diaryl/α,β-unsaturated/α-hetero) is 1. The summed E-state index contributed by atoms with van der Waals surface area (Å²) in [5, 5.41) is 0. The van der Waals surface area contributed by atoms with Gasteiger partial charge in [-0.1, -0.05) is 12.1 Å². The fraction of sp³-hybridized carbons (Fsp3) is 0.333. The van der Waals surface area contributed by atoms with E-state index in [9.17, 15) is 4.79 Å². The summed E-state index contributed by atoms with van der Waals surface area (Å²) in [5.74, 6) is 0.0994. The molecule has 1 heterocycles. The molecule has 2 nitrogen and oxygen atoms in total. The van der Waals surface area contributed by atoms with E-state index in [0.29, 0.717) is 18.5 Å². The Balaban J connectivity index is 2.84. The number of carbonyl (C=O) groups excluding carboxylic acids is 1. The highest BCUT2D eigenvalue weighted by Crippen LogP contribution is 2.10. The summed E-state index contributed by atoms with van der Waals surface area (Å²) in [6, 6.07) is 1.98. The van der Waals surface area contributed by atoms with Crippen LogP contribution in [-0.4, -0.2) is 10.8 Å². The molecule has 0 N–H and O–H groups in total. The maximum absolute atomic E-state index is 11.6. The quantitative estimate of drug-likeness (QED) is 0.538. The van der Waals surface area contributed by atoms with E-state index < -0.39 is 0 Å². The Hall–Kier alpha value is -1.44. The minimum Gasteiger partial charge on any atom is -0.292 e. The van der Waals surface area contributed by atoms with Gasteiger partial charge in [0.05, 0.1) is 0 Å². The van der Waals surface area contributed by atoms with Crippen LogP contribution in [0.4, 0.5) is 0 Å². The molecule has 0 aromatic carbocycles. The third-order valence-electron chi connectivity index (χ3n) is 2.05. The summed E-state index contributed by atoms with van der Waals surface area (Å²) >= 11 is 0. The van der Waals surface area contributed by atoms with Crippen molar-refractivity contribution in [2.45, 2.75) is 26.7 Å². The van der Waals surface area contributed by atoms with Gasteiger partial charge in [0.25, 0.3) is 0 Å². The maximum Gasteiger partial charge on any atom is 0.181 e. The molecule has 0 fully saturated rings. The topological polar surface area (TPSA) is 30.0 Å². The first-order valence-electron chi connectivity index (χ1n) is 4.72. The number of hydrogen-bond donors (Lipinski definition) is 0. The van der Waals surface area contributed by atoms with Crippen LogP contribution >= 0.6 is 0 Å². The van der Waals surface area contributed by atoms with Crippen molar-refractivity contribution in [2.24, 2.45) is 0 Å². The van der Waals surface area contributed by atoms with Crippen molar-refractivity contribution >= 4 is 5.78 Å². The minimum absolute atomic E-state index is 0.0994. The van der Waals surface area contributed by atoms with Gasteiger partial charge in [-0.2, -0.15) is 0 Å². The normalized spacial score (nSPS) is 9.86. The molecule has 0 unspecified atom stereocenters. The van der Waals surface area contributed by atoms with Gasteiger partial charge in [-0.15, -0.1) is 6.58 Å². The zero-order valence-corrected chi connectivity index (χ0v) is 8.71. The summed E-state index contributed by atoms with van der Waals surface area (Å²) in [5.41, 5.74) is 2.64. The number of carbonyl (C=O) groups is 1. The third-order valence-corrected chi connectivity index (χ3v) is 2.05. The second-order valence-electron chi connectivity index (χ2n) is 3.43. The number of rotatable bonds is 4. The molecule has 0 saturated carbocycles. The number of aromatic nitrogens is 1. The molecule has 0 aliphatic heterocycles. The van der Waals surface area contributed by atoms with Gasteiger partial charge in [0, 0.05) is 12.6 Å². The van der Waals surface area contributed by atoms with E-state index in [0.717, 1.165) is 11.1 Å². The van der Waals surface area contributed by atoms with Crippen LogP contribution in [0.2, 0.25) is 0 Å². The zero-order valence-electron chi connectivity index (χ0n) is 8.71. The first-order chi connectivity index (χ1) is 6.65. The summed E-state index contributed by atoms with van der Waals surface area (Å²) in [6.07, 6.45) is 4.70. The minimum atomic E-state index is 0.0994. The van der Waals surface area contributed by atoms with Gasteiger partial charge in [0.2, 0.25) is 0 Å². The fourth-order valence-electron chi connectivity index (χ4n) is 1.36. The lowest BCUT2D eigenvalue weighted by molar-refractivity contribution is 0.0978. The Morgan fingerprint density at radius 1 is 1.57 bits per heavy atom. The molecule has 1 aromatic rings. The molecule has 0 amide bonds. The molecule has 1 rings (SSSR count). The number of pyridine rings is 1. The molecule has 0 spiro atoms. The van der Waals surface area contributed by atoms with Crippen molar-refractivity contribution in [2.75, 3.05) is 0 Å². The third kappa shape index (κ3) is 2.52. The first kappa shape index (κ1) is 10.6. The van der Waals surface area contributed by atoms with Crippen LogP contribution in [0.15, 0.2) is 24.9 Å². The van der Waals surface area contributed by atoms with Crippen molar-refractivity contribution < 1.29 is 4.79 Å². The average Bonchev–Trinajstić information content (AvgIpc) is 2.14. The average molecular weight is 189 g/mol. The number of ketones is 1. The lowest BCUT2D eigenvalue weighted by Gasteiger charge is -2.03. The summed E-state index contributed by atoms with van der Waals surface area (Å²) in [4.78, 5) is 15.8. The Morgan fingerprint density at radius 3 is 2.86 bits per heavy atom. The van der Waals surface area contributed by atoms with Crippen molar-refractivity contribution in [1.82, 2.24) is 4.98 Å². The van der Waals surface area contributed by atoms with Crippen LogP contribution in [-0.2, 0) is 0 Å². The molecular formula is C12H15NO. The molecule has 0 aliphatic rings. The van der Waals surface area contributed by atoms with E-state index in [2.05, 4.69) is 11.6 Å². The van der Waals surface area contributed by atoms with E-state index in [4.69, 9.17) is 0 Å². The molecule has 0 radical (unpaired) electrons. The molecule has 0 bridgehead atoms. The Kier molecular flexibility index (Phi) is 3.57. The van der Waals surface area contributed by atoms with Gasteiger partial charge in [-0.3, -0.25) is 9.78 Å². The highest BCUT2D eigenvalue weighted by molar-refractivity contribution is 5.95. The van der Waals surface area contributed by atoms with Gasteiger partial charge in [0.1, 0.15) is 5.69 Å². The molecule has 74 valence electrons. The lowest BCUT2D eigenvalue weighted by Crippen LogP contribution is -2.04. The van der Waals surface area contributed by atoms with Crippen LogP contribution < -0.4 is 0 Å². The van der Waals surface area contributed by atoms with Crippen LogP contribution in [0.3, 0.4) is 0 Å². The summed E-state index contributed by atoms with van der Waals surface area (Å²) in [7, 11) is 0. The highest BCUT2D eigenvalue weighted by atomic mass is 16.1. The zero-order chi connectivity index (χ0) is 10.6. The Labute approximate surface area is 84.7 Å². The molecule has 1 aromatic heterocycles.